The van der Waals surface area contributed by atoms with Gasteiger partial charge in [-0.25, -0.2) is 0 Å². The van der Waals surface area contributed by atoms with E-state index in [9.17, 15) is 13.5 Å². The molecule has 0 bridgehead atoms. The summed E-state index contributed by atoms with van der Waals surface area (Å²) in [5.41, 5.74) is 3.82. The van der Waals surface area contributed by atoms with Crippen LogP contribution in [-0.2, 0) is 22.5 Å². The van der Waals surface area contributed by atoms with Crippen molar-refractivity contribution in [3.05, 3.63) is 60.3 Å². The maximum Gasteiger partial charge on any atom is 0.263 e. The van der Waals surface area contributed by atoms with Gasteiger partial charge in [0.25, 0.3) is 5.91 Å². The number of rotatable bonds is 11. The van der Waals surface area contributed by atoms with Gasteiger partial charge in [-0.15, -0.1) is 17.0 Å². The first kappa shape index (κ1) is 27.5. The van der Waals surface area contributed by atoms with Gasteiger partial charge in [-0.1, -0.05) is 37.5 Å². The fourth-order valence-corrected chi connectivity index (χ4v) is 6.14. The first-order valence-corrected chi connectivity index (χ1v) is 14.1. The number of nitrogens with one attached hydrogen (secondary N) is 1. The average Bonchev–Trinajstić information content (AvgIpc) is 3.23. The largest absolute Gasteiger partial charge is 0.378 e. The van der Waals surface area contributed by atoms with Crippen LogP contribution >= 0.6 is 12.3 Å². The zero-order valence-corrected chi connectivity index (χ0v) is 22.4. The van der Waals surface area contributed by atoms with Crippen LogP contribution in [0.5, 0.6) is 0 Å². The van der Waals surface area contributed by atoms with Crippen LogP contribution in [0.25, 0.3) is 10.9 Å². The van der Waals surface area contributed by atoms with Crippen LogP contribution in [-0.4, -0.2) is 47.6 Å². The number of benzene rings is 1. The Morgan fingerprint density at radius 1 is 1.16 bits per heavy atom. The lowest BCUT2D eigenvalue weighted by atomic mass is 9.82. The number of amides is 2. The summed E-state index contributed by atoms with van der Waals surface area (Å²) >= 11 is -0.197. The van der Waals surface area contributed by atoms with Crippen LogP contribution in [0, 0.1) is 5.92 Å². The zero-order valence-electron chi connectivity index (χ0n) is 21.6. The predicted molar refractivity (Wildman–Crippen MR) is 148 cm³/mol. The summed E-state index contributed by atoms with van der Waals surface area (Å²) in [6, 6.07) is 5.63. The van der Waals surface area contributed by atoms with Crippen molar-refractivity contribution >= 4 is 35.1 Å². The number of nitrogens with zero attached hydrogens (tertiary/aromatic N) is 2. The lowest BCUT2D eigenvalue weighted by Crippen LogP contribution is -2.44. The van der Waals surface area contributed by atoms with E-state index in [0.717, 1.165) is 30.2 Å². The Bertz CT molecular complexity index is 1120. The van der Waals surface area contributed by atoms with Crippen LogP contribution in [0.3, 0.4) is 0 Å². The number of hydrogen-bond acceptors (Lipinski definition) is 4. The third kappa shape index (κ3) is 6.29. The smallest absolute Gasteiger partial charge is 0.263 e. The molecule has 2 aromatic rings. The third-order valence-corrected chi connectivity index (χ3v) is 8.02. The molecule has 4 rings (SSSR count). The van der Waals surface area contributed by atoms with Crippen molar-refractivity contribution in [1.29, 1.82) is 0 Å². The number of carbonyl (C=O) groups is 2. The summed E-state index contributed by atoms with van der Waals surface area (Å²) in [5, 5.41) is 1.12. The number of ether oxygens (including phenoxy) is 1. The first-order chi connectivity index (χ1) is 18.1. The number of morpholine rings is 1. The SMILES string of the molecule is C=CCCC(Cn1c(CC=C)c(C2CCCCC2)c2ccc(C(=O)NSF)cc21)C(=O)N1CCOCC1. The molecule has 2 amide bonds. The molecule has 1 saturated heterocycles. The Hall–Kier alpha value is -2.58. The van der Waals surface area contributed by atoms with E-state index < -0.39 is 5.91 Å². The van der Waals surface area contributed by atoms with Crippen molar-refractivity contribution in [2.24, 2.45) is 5.92 Å². The molecule has 1 saturated carbocycles. The van der Waals surface area contributed by atoms with E-state index >= 15 is 0 Å². The highest BCUT2D eigenvalue weighted by molar-refractivity contribution is 7.92. The topological polar surface area (TPSA) is 63.6 Å². The molecule has 1 N–H and O–H groups in total. The van der Waals surface area contributed by atoms with Gasteiger partial charge in [-0.2, -0.15) is 0 Å². The van der Waals surface area contributed by atoms with Gasteiger partial charge in [-0.05, 0) is 49.3 Å². The molecular formula is C29H38FN3O3S. The molecule has 8 heteroatoms. The fourth-order valence-electron chi connectivity index (χ4n) is 5.95. The third-order valence-electron chi connectivity index (χ3n) is 7.75. The van der Waals surface area contributed by atoms with E-state index in [-0.39, 0.29) is 24.2 Å². The second kappa shape index (κ2) is 13.3. The minimum absolute atomic E-state index is 0.137. The van der Waals surface area contributed by atoms with Gasteiger partial charge in [0.2, 0.25) is 5.91 Å². The minimum atomic E-state index is -0.473. The normalized spacial score (nSPS) is 17.5. The standard InChI is InChI=1S/C29H38FN3O3S/c1-3-5-10-23(29(35)32-15-17-36-18-16-32)20-33-25(9-4-2)27(21-11-7-6-8-12-21)24-14-13-22(19-26(24)33)28(34)31-37-30/h3-4,13-14,19,21,23H,1-2,5-12,15-18,20H2,(H,31,34). The quantitative estimate of drug-likeness (QED) is 0.282. The Morgan fingerprint density at radius 2 is 1.92 bits per heavy atom. The monoisotopic (exact) mass is 527 g/mol. The van der Waals surface area contributed by atoms with Crippen molar-refractivity contribution in [2.45, 2.75) is 63.8 Å². The summed E-state index contributed by atoms with van der Waals surface area (Å²) in [6.45, 7) is 10.8. The predicted octanol–water partition coefficient (Wildman–Crippen LogP) is 6.12. The number of fused-ring (bicyclic) bond motifs is 1. The molecule has 1 atom stereocenters. The summed E-state index contributed by atoms with van der Waals surface area (Å²) in [5.74, 6) is -0.124. The van der Waals surface area contributed by atoms with Gasteiger partial charge in [0, 0.05) is 48.2 Å². The molecule has 1 unspecified atom stereocenters. The van der Waals surface area contributed by atoms with Crippen LogP contribution in [0.15, 0.2) is 43.5 Å². The van der Waals surface area contributed by atoms with Gasteiger partial charge in [0.1, 0.15) is 0 Å². The maximum absolute atomic E-state index is 13.7. The van der Waals surface area contributed by atoms with Crippen molar-refractivity contribution in [2.75, 3.05) is 26.3 Å². The Balaban J connectivity index is 1.82. The van der Waals surface area contributed by atoms with Gasteiger partial charge in [-0.3, -0.25) is 14.3 Å². The summed E-state index contributed by atoms with van der Waals surface area (Å²) in [4.78, 5) is 28.1. The molecule has 2 heterocycles. The molecule has 1 aliphatic carbocycles. The van der Waals surface area contributed by atoms with E-state index in [0.29, 0.717) is 57.2 Å². The number of aromatic nitrogens is 1. The van der Waals surface area contributed by atoms with E-state index in [2.05, 4.69) is 22.4 Å². The molecule has 6 nitrogen and oxygen atoms in total. The highest BCUT2D eigenvalue weighted by Gasteiger charge is 2.30. The first-order valence-electron chi connectivity index (χ1n) is 13.4. The van der Waals surface area contributed by atoms with Crippen molar-refractivity contribution < 1.29 is 18.2 Å². The van der Waals surface area contributed by atoms with E-state index in [1.165, 1.54) is 30.5 Å². The van der Waals surface area contributed by atoms with E-state index in [1.54, 1.807) is 6.07 Å². The minimum Gasteiger partial charge on any atom is -0.378 e. The molecule has 1 aromatic carbocycles. The number of carbonyl (C=O) groups excluding carboxylic acids is 2. The Kier molecular flexibility index (Phi) is 9.86. The van der Waals surface area contributed by atoms with Gasteiger partial charge in [0.15, 0.2) is 12.3 Å². The summed E-state index contributed by atoms with van der Waals surface area (Å²) in [7, 11) is 0. The summed E-state index contributed by atoms with van der Waals surface area (Å²) < 4.78 is 22.7. The number of halogens is 1. The van der Waals surface area contributed by atoms with Crippen LogP contribution in [0.1, 0.15) is 72.5 Å². The molecule has 2 aliphatic rings. The molecule has 37 heavy (non-hydrogen) atoms. The summed E-state index contributed by atoms with van der Waals surface area (Å²) in [6.07, 6.45) is 11.9. The lowest BCUT2D eigenvalue weighted by Gasteiger charge is -2.31. The van der Waals surface area contributed by atoms with Crippen molar-refractivity contribution in [3.63, 3.8) is 0 Å². The van der Waals surface area contributed by atoms with Gasteiger partial charge < -0.3 is 14.2 Å². The molecule has 0 spiro atoms. The second-order valence-electron chi connectivity index (χ2n) is 10.0. The average molecular weight is 528 g/mol. The van der Waals surface area contributed by atoms with Crippen molar-refractivity contribution in [1.82, 2.24) is 14.2 Å². The van der Waals surface area contributed by atoms with E-state index in [1.807, 2.05) is 29.2 Å². The van der Waals surface area contributed by atoms with Crippen LogP contribution in [0.4, 0.5) is 3.89 Å². The van der Waals surface area contributed by atoms with Crippen LogP contribution in [0.2, 0.25) is 0 Å². The Labute approximate surface area is 223 Å². The van der Waals surface area contributed by atoms with Gasteiger partial charge >= 0.3 is 0 Å². The maximum atomic E-state index is 13.7. The molecule has 1 aliphatic heterocycles. The fraction of sp³-hybridized carbons (Fsp3) is 0.517. The highest BCUT2D eigenvalue weighted by Crippen LogP contribution is 2.41. The lowest BCUT2D eigenvalue weighted by molar-refractivity contribution is -0.140. The molecular weight excluding hydrogens is 489 g/mol. The Morgan fingerprint density at radius 3 is 2.59 bits per heavy atom. The second-order valence-corrected chi connectivity index (χ2v) is 10.4. The number of hydrogen-bond donors (Lipinski definition) is 1. The van der Waals surface area contributed by atoms with Crippen LogP contribution < -0.4 is 4.72 Å². The number of allylic oxidation sites excluding steroid dienone is 2. The van der Waals surface area contributed by atoms with Gasteiger partial charge in [0.05, 0.1) is 19.1 Å². The molecule has 1 aromatic heterocycles. The highest BCUT2D eigenvalue weighted by atomic mass is 32.2. The molecule has 0 radical (unpaired) electrons. The van der Waals surface area contributed by atoms with Crippen molar-refractivity contribution in [3.8, 4) is 0 Å². The van der Waals surface area contributed by atoms with E-state index in [4.69, 9.17) is 4.74 Å². The zero-order chi connectivity index (χ0) is 26.2. The molecule has 2 fully saturated rings. The molecule has 200 valence electrons.